The molecule has 4 aromatic carbocycles. The van der Waals surface area contributed by atoms with Gasteiger partial charge in [0.15, 0.2) is 0 Å². The van der Waals surface area contributed by atoms with Gasteiger partial charge in [-0.05, 0) is 58.3 Å². The number of nitrogens with zero attached hydrogens (tertiary/aromatic N) is 2. The number of rotatable bonds is 2. The summed E-state index contributed by atoms with van der Waals surface area (Å²) in [5, 5.41) is 13.9. The highest BCUT2D eigenvalue weighted by atomic mass is 16.3. The van der Waals surface area contributed by atoms with Gasteiger partial charge in [0.2, 0.25) is 0 Å². The zero-order valence-electron chi connectivity index (χ0n) is 16.5. The molecule has 0 bridgehead atoms. The van der Waals surface area contributed by atoms with Crippen LogP contribution in [0.15, 0.2) is 102 Å². The average Bonchev–Trinajstić information content (AvgIpc) is 3.22. The lowest BCUT2D eigenvalue weighted by atomic mass is 9.98. The number of benzene rings is 4. The van der Waals surface area contributed by atoms with Gasteiger partial charge in [-0.25, -0.2) is 0 Å². The lowest BCUT2D eigenvalue weighted by molar-refractivity contribution is 0.669. The Morgan fingerprint density at radius 2 is 1.52 bits per heavy atom. The molecule has 144 valence electrons. The maximum Gasteiger partial charge on any atom is 0.136 e. The lowest BCUT2D eigenvalue weighted by Gasteiger charge is -2.06. The highest BCUT2D eigenvalue weighted by Crippen LogP contribution is 2.37. The van der Waals surface area contributed by atoms with Crippen LogP contribution in [0, 0.1) is 11.3 Å². The van der Waals surface area contributed by atoms with Crippen LogP contribution in [-0.4, -0.2) is 4.98 Å². The smallest absolute Gasteiger partial charge is 0.136 e. The SMILES string of the molecule is N#Cc1ccnc(-c2cccc(-c3ccc4oc5ccc6ccccc6c5c4c3)c2)c1. The molecule has 2 heterocycles. The summed E-state index contributed by atoms with van der Waals surface area (Å²) in [6.07, 6.45) is 1.68. The summed E-state index contributed by atoms with van der Waals surface area (Å²) in [6.45, 7) is 0. The number of hydrogen-bond donors (Lipinski definition) is 0. The summed E-state index contributed by atoms with van der Waals surface area (Å²) in [6, 6.07) is 32.9. The molecule has 0 spiro atoms. The van der Waals surface area contributed by atoms with Crippen molar-refractivity contribution in [2.45, 2.75) is 0 Å². The highest BCUT2D eigenvalue weighted by Gasteiger charge is 2.12. The zero-order valence-corrected chi connectivity index (χ0v) is 16.5. The molecule has 0 radical (unpaired) electrons. The molecule has 0 atom stereocenters. The molecule has 0 unspecified atom stereocenters. The van der Waals surface area contributed by atoms with Crippen LogP contribution >= 0.6 is 0 Å². The minimum Gasteiger partial charge on any atom is -0.456 e. The monoisotopic (exact) mass is 396 g/mol. The summed E-state index contributed by atoms with van der Waals surface area (Å²) in [5.74, 6) is 0. The summed E-state index contributed by atoms with van der Waals surface area (Å²) >= 11 is 0. The Balaban J connectivity index is 1.54. The second-order valence-corrected chi connectivity index (χ2v) is 7.60. The van der Waals surface area contributed by atoms with Crippen LogP contribution in [0.4, 0.5) is 0 Å². The molecular formula is C28H16N2O. The Morgan fingerprint density at radius 1 is 0.677 bits per heavy atom. The van der Waals surface area contributed by atoms with E-state index in [1.54, 1.807) is 12.3 Å². The molecule has 0 aliphatic heterocycles. The maximum atomic E-state index is 9.20. The standard InChI is InChI=1S/C28H16N2O/c29-17-18-12-13-30-25(14-18)22-6-3-5-20(15-22)21-9-10-26-24(16-21)28-23-7-2-1-4-19(23)8-11-27(28)31-26/h1-16H. The van der Waals surface area contributed by atoms with E-state index >= 15 is 0 Å². The van der Waals surface area contributed by atoms with Gasteiger partial charge in [0.1, 0.15) is 11.2 Å². The fourth-order valence-corrected chi connectivity index (χ4v) is 4.24. The molecule has 0 saturated carbocycles. The Morgan fingerprint density at radius 3 is 2.45 bits per heavy atom. The van der Waals surface area contributed by atoms with Crippen LogP contribution in [0.2, 0.25) is 0 Å². The first-order valence-electron chi connectivity index (χ1n) is 10.1. The second kappa shape index (κ2) is 6.83. The third kappa shape index (κ3) is 2.86. The fourth-order valence-electron chi connectivity index (χ4n) is 4.24. The Bertz CT molecular complexity index is 1650. The number of hydrogen-bond acceptors (Lipinski definition) is 3. The van der Waals surface area contributed by atoms with Gasteiger partial charge >= 0.3 is 0 Å². The molecule has 3 nitrogen and oxygen atoms in total. The molecule has 0 amide bonds. The van der Waals surface area contributed by atoms with Crippen molar-refractivity contribution < 1.29 is 4.42 Å². The molecule has 0 N–H and O–H groups in total. The highest BCUT2D eigenvalue weighted by molar-refractivity contribution is 6.19. The van der Waals surface area contributed by atoms with Gasteiger partial charge in [-0.1, -0.05) is 54.6 Å². The number of fused-ring (bicyclic) bond motifs is 5. The first kappa shape index (κ1) is 17.4. The third-order valence-corrected chi connectivity index (χ3v) is 5.74. The van der Waals surface area contributed by atoms with Gasteiger partial charge in [-0.2, -0.15) is 5.26 Å². The molecule has 6 rings (SSSR count). The van der Waals surface area contributed by atoms with Crippen molar-refractivity contribution in [3.63, 3.8) is 0 Å². The quantitative estimate of drug-likeness (QED) is 0.308. The third-order valence-electron chi connectivity index (χ3n) is 5.74. The van der Waals surface area contributed by atoms with Crippen LogP contribution in [0.5, 0.6) is 0 Å². The number of furan rings is 1. The van der Waals surface area contributed by atoms with Crippen LogP contribution in [0.25, 0.3) is 55.1 Å². The summed E-state index contributed by atoms with van der Waals surface area (Å²) in [7, 11) is 0. The molecule has 3 heteroatoms. The van der Waals surface area contributed by atoms with E-state index in [-0.39, 0.29) is 0 Å². The Hall–Kier alpha value is -4.42. The van der Waals surface area contributed by atoms with Crippen molar-refractivity contribution in [3.8, 4) is 28.5 Å². The van der Waals surface area contributed by atoms with Crippen LogP contribution in [-0.2, 0) is 0 Å². The predicted octanol–water partition coefficient (Wildman–Crippen LogP) is 7.34. The van der Waals surface area contributed by atoms with Gasteiger partial charge in [0, 0.05) is 22.5 Å². The van der Waals surface area contributed by atoms with Gasteiger partial charge < -0.3 is 4.42 Å². The van der Waals surface area contributed by atoms with Gasteiger partial charge in [0.25, 0.3) is 0 Å². The van der Waals surface area contributed by atoms with Crippen LogP contribution in [0.3, 0.4) is 0 Å². The second-order valence-electron chi connectivity index (χ2n) is 7.60. The van der Waals surface area contributed by atoms with Crippen molar-refractivity contribution in [2.24, 2.45) is 0 Å². The van der Waals surface area contributed by atoms with Gasteiger partial charge in [0.05, 0.1) is 17.3 Å². The number of pyridine rings is 1. The van der Waals surface area contributed by atoms with Crippen LogP contribution in [0.1, 0.15) is 5.56 Å². The Labute approximate surface area is 178 Å². The van der Waals surface area contributed by atoms with E-state index in [0.29, 0.717) is 5.56 Å². The molecular weight excluding hydrogens is 380 g/mol. The van der Waals surface area contributed by atoms with E-state index in [2.05, 4.69) is 65.7 Å². The molecule has 31 heavy (non-hydrogen) atoms. The first-order chi connectivity index (χ1) is 15.3. The molecule has 6 aromatic rings. The van der Waals surface area contributed by atoms with Crippen molar-refractivity contribution in [1.82, 2.24) is 4.98 Å². The molecule has 0 saturated heterocycles. The average molecular weight is 396 g/mol. The van der Waals surface area contributed by atoms with Crippen molar-refractivity contribution in [1.29, 1.82) is 5.26 Å². The van der Waals surface area contributed by atoms with Gasteiger partial charge in [-0.3, -0.25) is 4.98 Å². The normalized spacial score (nSPS) is 11.2. The fraction of sp³-hybridized carbons (Fsp3) is 0. The minimum atomic E-state index is 0.605. The summed E-state index contributed by atoms with van der Waals surface area (Å²) in [5.41, 5.74) is 6.37. The van der Waals surface area contributed by atoms with E-state index < -0.39 is 0 Å². The van der Waals surface area contributed by atoms with Crippen LogP contribution < -0.4 is 0 Å². The number of nitriles is 1. The van der Waals surface area contributed by atoms with E-state index in [1.807, 2.05) is 30.3 Å². The van der Waals surface area contributed by atoms with Gasteiger partial charge in [-0.15, -0.1) is 0 Å². The molecule has 0 aliphatic carbocycles. The summed E-state index contributed by atoms with van der Waals surface area (Å²) < 4.78 is 6.13. The minimum absolute atomic E-state index is 0.605. The van der Waals surface area contributed by atoms with E-state index in [4.69, 9.17) is 4.42 Å². The molecule has 0 fully saturated rings. The van der Waals surface area contributed by atoms with E-state index in [1.165, 1.54) is 10.8 Å². The van der Waals surface area contributed by atoms with E-state index in [9.17, 15) is 5.26 Å². The molecule has 2 aromatic heterocycles. The van der Waals surface area contributed by atoms with E-state index in [0.717, 1.165) is 44.3 Å². The predicted molar refractivity (Wildman–Crippen MR) is 125 cm³/mol. The number of aromatic nitrogens is 1. The van der Waals surface area contributed by atoms with Crippen molar-refractivity contribution in [2.75, 3.05) is 0 Å². The largest absolute Gasteiger partial charge is 0.456 e. The summed E-state index contributed by atoms with van der Waals surface area (Å²) in [4.78, 5) is 4.44. The topological polar surface area (TPSA) is 49.8 Å². The zero-order chi connectivity index (χ0) is 20.8. The maximum absolute atomic E-state index is 9.20. The molecule has 0 aliphatic rings. The Kier molecular flexibility index (Phi) is 3.84. The lowest BCUT2D eigenvalue weighted by Crippen LogP contribution is -1.86. The van der Waals surface area contributed by atoms with Crippen molar-refractivity contribution in [3.05, 3.63) is 103 Å². The van der Waals surface area contributed by atoms with Crippen molar-refractivity contribution >= 4 is 32.7 Å². The first-order valence-corrected chi connectivity index (χ1v) is 10.1.